The third-order valence-electron chi connectivity index (χ3n) is 4.35. The van der Waals surface area contributed by atoms with Gasteiger partial charge in [-0.2, -0.15) is 13.2 Å². The van der Waals surface area contributed by atoms with Crippen LogP contribution in [0.25, 0.3) is 27.2 Å². The van der Waals surface area contributed by atoms with Crippen molar-refractivity contribution in [1.29, 1.82) is 0 Å². The highest BCUT2D eigenvalue weighted by atomic mass is 32.1. The molecule has 0 atom stereocenters. The quantitative estimate of drug-likeness (QED) is 0.515. The highest BCUT2D eigenvalue weighted by Gasteiger charge is 2.33. The first-order chi connectivity index (χ1) is 13.4. The van der Waals surface area contributed by atoms with Gasteiger partial charge in [-0.3, -0.25) is 9.36 Å². The van der Waals surface area contributed by atoms with Crippen LogP contribution >= 0.6 is 11.3 Å². The first kappa shape index (κ1) is 18.2. The second kappa shape index (κ2) is 6.79. The fourth-order valence-electron chi connectivity index (χ4n) is 3.15. The molecular formula is C20H14F3N3OS. The minimum Gasteiger partial charge on any atom is -0.387 e. The van der Waals surface area contributed by atoms with Crippen LogP contribution in [0.1, 0.15) is 5.69 Å². The monoisotopic (exact) mass is 401 g/mol. The van der Waals surface area contributed by atoms with Crippen LogP contribution in [0.3, 0.4) is 0 Å². The van der Waals surface area contributed by atoms with E-state index in [0.29, 0.717) is 22.3 Å². The van der Waals surface area contributed by atoms with Crippen LogP contribution in [0, 0.1) is 0 Å². The molecule has 0 spiro atoms. The zero-order valence-electron chi connectivity index (χ0n) is 14.6. The van der Waals surface area contributed by atoms with E-state index >= 15 is 0 Å². The Morgan fingerprint density at radius 3 is 2.39 bits per heavy atom. The summed E-state index contributed by atoms with van der Waals surface area (Å²) in [5, 5.41) is 5.25. The van der Waals surface area contributed by atoms with Crippen molar-refractivity contribution in [2.24, 2.45) is 0 Å². The van der Waals surface area contributed by atoms with Crippen molar-refractivity contribution in [2.75, 3.05) is 12.4 Å². The average molecular weight is 401 g/mol. The second-order valence-electron chi connectivity index (χ2n) is 6.02. The van der Waals surface area contributed by atoms with Gasteiger partial charge in [0.1, 0.15) is 11.3 Å². The number of nitrogens with one attached hydrogen (secondary N) is 1. The maximum atomic E-state index is 13.4. The van der Waals surface area contributed by atoms with Crippen LogP contribution in [-0.2, 0) is 6.18 Å². The van der Waals surface area contributed by atoms with Crippen molar-refractivity contribution in [3.05, 3.63) is 76.0 Å². The Hall–Kier alpha value is -3.13. The highest BCUT2D eigenvalue weighted by molar-refractivity contribution is 7.13. The van der Waals surface area contributed by atoms with Gasteiger partial charge in [0.2, 0.25) is 0 Å². The van der Waals surface area contributed by atoms with Crippen molar-refractivity contribution in [3.63, 3.8) is 0 Å². The second-order valence-corrected chi connectivity index (χ2v) is 6.97. The van der Waals surface area contributed by atoms with Crippen molar-refractivity contribution in [2.45, 2.75) is 6.18 Å². The summed E-state index contributed by atoms with van der Waals surface area (Å²) in [6, 6.07) is 14.5. The summed E-state index contributed by atoms with van der Waals surface area (Å²) in [5.41, 5.74) is -0.223. The molecule has 4 rings (SSSR count). The van der Waals surface area contributed by atoms with Crippen LogP contribution in [0.4, 0.5) is 18.9 Å². The number of anilines is 1. The van der Waals surface area contributed by atoms with Gasteiger partial charge in [0, 0.05) is 17.3 Å². The summed E-state index contributed by atoms with van der Waals surface area (Å²) in [6.45, 7) is 0. The minimum absolute atomic E-state index is 0.0457. The van der Waals surface area contributed by atoms with Crippen LogP contribution in [0.5, 0.6) is 0 Å². The Labute approximate surface area is 161 Å². The minimum atomic E-state index is -4.61. The summed E-state index contributed by atoms with van der Waals surface area (Å²) < 4.78 is 41.1. The third kappa shape index (κ3) is 2.95. The lowest BCUT2D eigenvalue weighted by Gasteiger charge is -2.18. The SMILES string of the molecule is CNc1c(-c2cccs2)c(=O)n(-c2ccccc2)c2nc(C(F)(F)F)ccc12. The Balaban J connectivity index is 2.20. The molecule has 0 fully saturated rings. The van der Waals surface area contributed by atoms with Crippen LogP contribution < -0.4 is 10.9 Å². The summed E-state index contributed by atoms with van der Waals surface area (Å²) >= 11 is 1.39. The molecule has 3 heterocycles. The molecule has 1 aromatic carbocycles. The highest BCUT2D eigenvalue weighted by Crippen LogP contribution is 2.36. The molecule has 4 nitrogen and oxygen atoms in total. The number of para-hydroxylation sites is 1. The first-order valence-corrected chi connectivity index (χ1v) is 9.24. The van der Waals surface area contributed by atoms with Gasteiger partial charge in [-0.1, -0.05) is 24.3 Å². The van der Waals surface area contributed by atoms with E-state index in [1.807, 2.05) is 11.4 Å². The third-order valence-corrected chi connectivity index (χ3v) is 5.23. The molecule has 0 aliphatic rings. The molecule has 3 aromatic heterocycles. The van der Waals surface area contributed by atoms with Gasteiger partial charge >= 0.3 is 6.18 Å². The van der Waals surface area contributed by atoms with Gasteiger partial charge in [-0.05, 0) is 35.7 Å². The Morgan fingerprint density at radius 1 is 1.04 bits per heavy atom. The maximum absolute atomic E-state index is 13.4. The number of halogens is 3. The van der Waals surface area contributed by atoms with Gasteiger partial charge in [-0.15, -0.1) is 11.3 Å². The van der Waals surface area contributed by atoms with Crippen molar-refractivity contribution < 1.29 is 13.2 Å². The fourth-order valence-corrected chi connectivity index (χ4v) is 3.92. The van der Waals surface area contributed by atoms with E-state index < -0.39 is 17.4 Å². The van der Waals surface area contributed by atoms with E-state index in [-0.39, 0.29) is 5.65 Å². The fraction of sp³-hybridized carbons (Fsp3) is 0.100. The summed E-state index contributed by atoms with van der Waals surface area (Å²) in [7, 11) is 1.63. The molecule has 0 aliphatic carbocycles. The summed E-state index contributed by atoms with van der Waals surface area (Å²) in [4.78, 5) is 18.0. The van der Waals surface area contributed by atoms with Crippen molar-refractivity contribution in [3.8, 4) is 16.1 Å². The summed E-state index contributed by atoms with van der Waals surface area (Å²) in [5.74, 6) is 0. The Bertz CT molecular complexity index is 1200. The standard InChI is InChI=1S/C20H14F3N3OS/c1-24-17-13-9-10-15(20(21,22)23)25-18(13)26(12-6-3-2-4-7-12)19(27)16(17)14-8-5-11-28-14/h2-11,24H,1H3. The zero-order chi connectivity index (χ0) is 19.9. The number of rotatable bonds is 3. The molecule has 28 heavy (non-hydrogen) atoms. The van der Waals surface area contributed by atoms with Crippen LogP contribution in [0.2, 0.25) is 0 Å². The molecule has 0 bridgehead atoms. The number of fused-ring (bicyclic) bond motifs is 1. The van der Waals surface area contributed by atoms with Crippen LogP contribution in [-0.4, -0.2) is 16.6 Å². The van der Waals surface area contributed by atoms with Gasteiger partial charge in [0.05, 0.1) is 16.9 Å². The molecule has 0 radical (unpaired) electrons. The number of nitrogens with zero attached hydrogens (tertiary/aromatic N) is 2. The number of thiophene rings is 1. The number of hydrogen-bond donors (Lipinski definition) is 1. The van der Waals surface area contributed by atoms with Gasteiger partial charge in [0.15, 0.2) is 0 Å². The van der Waals surface area contributed by atoms with Crippen molar-refractivity contribution in [1.82, 2.24) is 9.55 Å². The molecule has 4 aromatic rings. The maximum Gasteiger partial charge on any atom is 0.433 e. The molecule has 8 heteroatoms. The van der Waals surface area contributed by atoms with E-state index in [0.717, 1.165) is 10.9 Å². The van der Waals surface area contributed by atoms with E-state index in [2.05, 4.69) is 10.3 Å². The molecule has 0 saturated heterocycles. The molecule has 0 amide bonds. The number of pyridine rings is 2. The van der Waals surface area contributed by atoms with Gasteiger partial charge in [-0.25, -0.2) is 4.98 Å². The lowest BCUT2D eigenvalue weighted by atomic mass is 10.1. The molecule has 0 saturated carbocycles. The average Bonchev–Trinajstić information content (AvgIpc) is 3.20. The van der Waals surface area contributed by atoms with E-state index in [1.165, 1.54) is 22.0 Å². The lowest BCUT2D eigenvalue weighted by molar-refractivity contribution is -0.141. The number of benzene rings is 1. The molecule has 142 valence electrons. The number of hydrogen-bond acceptors (Lipinski definition) is 4. The molecule has 1 N–H and O–H groups in total. The van der Waals surface area contributed by atoms with E-state index in [4.69, 9.17) is 0 Å². The molecular weight excluding hydrogens is 387 g/mol. The lowest BCUT2D eigenvalue weighted by Crippen LogP contribution is -2.23. The van der Waals surface area contributed by atoms with E-state index in [9.17, 15) is 18.0 Å². The number of aromatic nitrogens is 2. The Kier molecular flexibility index (Phi) is 4.43. The topological polar surface area (TPSA) is 46.9 Å². The zero-order valence-corrected chi connectivity index (χ0v) is 15.4. The molecule has 0 aliphatic heterocycles. The van der Waals surface area contributed by atoms with Gasteiger partial charge < -0.3 is 5.32 Å². The van der Waals surface area contributed by atoms with Crippen LogP contribution in [0.15, 0.2) is 64.8 Å². The van der Waals surface area contributed by atoms with Gasteiger partial charge in [0.25, 0.3) is 5.56 Å². The molecule has 0 unspecified atom stereocenters. The smallest absolute Gasteiger partial charge is 0.387 e. The van der Waals surface area contributed by atoms with Crippen molar-refractivity contribution >= 4 is 28.1 Å². The predicted octanol–water partition coefficient (Wildman–Crippen LogP) is 5.17. The largest absolute Gasteiger partial charge is 0.433 e. The number of alkyl halides is 3. The Morgan fingerprint density at radius 2 is 1.79 bits per heavy atom. The summed E-state index contributed by atoms with van der Waals surface area (Å²) in [6.07, 6.45) is -4.61. The predicted molar refractivity (Wildman–Crippen MR) is 105 cm³/mol. The normalized spacial score (nSPS) is 11.7. The first-order valence-electron chi connectivity index (χ1n) is 8.36. The van der Waals surface area contributed by atoms with E-state index in [1.54, 1.807) is 43.4 Å².